The molecule has 1 aromatic carbocycles. The fourth-order valence-corrected chi connectivity index (χ4v) is 2.38. The molecule has 128 valence electrons. The third-order valence-electron chi connectivity index (χ3n) is 3.64. The molecule has 7 nitrogen and oxygen atoms in total. The lowest BCUT2D eigenvalue weighted by molar-refractivity contribution is -0.138. The number of nitrogens with one attached hydrogen (secondary N) is 1. The van der Waals surface area contributed by atoms with Crippen molar-refractivity contribution in [1.29, 1.82) is 0 Å². The molecule has 1 heterocycles. The van der Waals surface area contributed by atoms with Gasteiger partial charge in [0.2, 0.25) is 0 Å². The second-order valence-electron chi connectivity index (χ2n) is 5.87. The molecule has 24 heavy (non-hydrogen) atoms. The molecule has 7 heteroatoms. The highest BCUT2D eigenvalue weighted by Crippen LogP contribution is 2.15. The van der Waals surface area contributed by atoms with Gasteiger partial charge in [-0.1, -0.05) is 12.1 Å². The number of urea groups is 1. The van der Waals surface area contributed by atoms with Crippen LogP contribution in [0.25, 0.3) is 5.69 Å². The highest BCUT2D eigenvalue weighted by atomic mass is 16.4. The van der Waals surface area contributed by atoms with Crippen LogP contribution in [0.15, 0.2) is 30.3 Å². The van der Waals surface area contributed by atoms with Gasteiger partial charge in [-0.25, -0.2) is 9.48 Å². The summed E-state index contributed by atoms with van der Waals surface area (Å²) < 4.78 is 1.85. The molecule has 1 atom stereocenters. The molecule has 1 unspecified atom stereocenters. The van der Waals surface area contributed by atoms with Gasteiger partial charge >= 0.3 is 12.0 Å². The number of hydrogen-bond donors (Lipinski definition) is 2. The molecule has 0 saturated heterocycles. The molecule has 2 N–H and O–H groups in total. The predicted molar refractivity (Wildman–Crippen MR) is 90.1 cm³/mol. The minimum absolute atomic E-state index is 0.366. The fourth-order valence-electron chi connectivity index (χ4n) is 2.38. The predicted octanol–water partition coefficient (Wildman–Crippen LogP) is 2.10. The number of aromatic nitrogens is 2. The Kier molecular flexibility index (Phi) is 5.23. The van der Waals surface area contributed by atoms with Gasteiger partial charge in [0, 0.05) is 19.3 Å². The van der Waals surface area contributed by atoms with Crippen molar-refractivity contribution in [3.63, 3.8) is 0 Å². The van der Waals surface area contributed by atoms with Gasteiger partial charge in [0.15, 0.2) is 0 Å². The van der Waals surface area contributed by atoms with Crippen LogP contribution in [0.1, 0.15) is 23.9 Å². The van der Waals surface area contributed by atoms with Gasteiger partial charge in [0.25, 0.3) is 0 Å². The number of rotatable bonds is 5. The molecule has 2 rings (SSSR count). The Balaban J connectivity index is 2.10. The average Bonchev–Trinajstić information content (AvgIpc) is 2.85. The second kappa shape index (κ2) is 7.16. The van der Waals surface area contributed by atoms with Crippen LogP contribution in [0.5, 0.6) is 0 Å². The quantitative estimate of drug-likeness (QED) is 0.879. The van der Waals surface area contributed by atoms with Crippen LogP contribution in [0.3, 0.4) is 0 Å². The summed E-state index contributed by atoms with van der Waals surface area (Å²) in [7, 11) is 1.62. The summed E-state index contributed by atoms with van der Waals surface area (Å²) in [5.41, 5.74) is 3.83. The van der Waals surface area contributed by atoms with Crippen LogP contribution >= 0.6 is 0 Å². The number of carbonyl (C=O) groups excluding carboxylic acids is 1. The SMILES string of the molecule is Cc1cc(C)n(-c2cccc(CN(C)C(=O)NC(C)C(=O)O)c2)n1. The summed E-state index contributed by atoms with van der Waals surface area (Å²) in [6.45, 7) is 5.72. The molecule has 0 spiro atoms. The lowest BCUT2D eigenvalue weighted by Crippen LogP contribution is -2.44. The molecule has 1 aromatic heterocycles. The first-order valence-electron chi connectivity index (χ1n) is 7.65. The molecular formula is C17H22N4O3. The molecule has 2 amide bonds. The molecule has 2 aromatic rings. The number of aryl methyl sites for hydroxylation is 2. The molecular weight excluding hydrogens is 308 g/mol. The van der Waals surface area contributed by atoms with Gasteiger partial charge in [0.05, 0.1) is 11.4 Å². The summed E-state index contributed by atoms with van der Waals surface area (Å²) in [5, 5.41) is 15.7. The standard InChI is InChI=1S/C17H22N4O3/c1-11-8-12(2)21(19-11)15-7-5-6-14(9-15)10-20(4)17(24)18-13(3)16(22)23/h5-9,13H,10H2,1-4H3,(H,18,24)(H,22,23). The molecule has 0 saturated carbocycles. The van der Waals surface area contributed by atoms with E-state index in [1.165, 1.54) is 11.8 Å². The Bertz CT molecular complexity index is 754. The van der Waals surface area contributed by atoms with Gasteiger partial charge in [-0.2, -0.15) is 5.10 Å². The van der Waals surface area contributed by atoms with Crippen LogP contribution in [-0.4, -0.2) is 44.9 Å². The van der Waals surface area contributed by atoms with Gasteiger partial charge in [0.1, 0.15) is 6.04 Å². The van der Waals surface area contributed by atoms with Crippen molar-refractivity contribution in [2.24, 2.45) is 0 Å². The maximum absolute atomic E-state index is 12.0. The monoisotopic (exact) mass is 330 g/mol. The van der Waals surface area contributed by atoms with E-state index < -0.39 is 18.0 Å². The minimum atomic E-state index is -1.07. The van der Waals surface area contributed by atoms with Crippen LogP contribution in [0.4, 0.5) is 4.79 Å². The van der Waals surface area contributed by atoms with Crippen molar-refractivity contribution in [2.75, 3.05) is 7.05 Å². The van der Waals surface area contributed by atoms with E-state index in [2.05, 4.69) is 10.4 Å². The Morgan fingerprint density at radius 3 is 2.62 bits per heavy atom. The Hall–Kier alpha value is -2.83. The van der Waals surface area contributed by atoms with Crippen LogP contribution < -0.4 is 5.32 Å². The Labute approximate surface area is 140 Å². The van der Waals surface area contributed by atoms with E-state index in [0.717, 1.165) is 22.6 Å². The van der Waals surface area contributed by atoms with Crippen molar-refractivity contribution in [3.8, 4) is 5.69 Å². The van der Waals surface area contributed by atoms with Crippen LogP contribution in [-0.2, 0) is 11.3 Å². The lowest BCUT2D eigenvalue weighted by atomic mass is 10.2. The molecule has 0 aliphatic carbocycles. The van der Waals surface area contributed by atoms with E-state index in [1.54, 1.807) is 7.05 Å². The zero-order valence-electron chi connectivity index (χ0n) is 14.3. The molecule has 0 bridgehead atoms. The summed E-state index contributed by atoms with van der Waals surface area (Å²) in [4.78, 5) is 24.3. The number of hydrogen-bond acceptors (Lipinski definition) is 3. The Morgan fingerprint density at radius 2 is 2.04 bits per heavy atom. The second-order valence-corrected chi connectivity index (χ2v) is 5.87. The third-order valence-corrected chi connectivity index (χ3v) is 3.64. The molecule has 0 radical (unpaired) electrons. The zero-order chi connectivity index (χ0) is 17.9. The summed E-state index contributed by atoms with van der Waals surface area (Å²) in [6.07, 6.45) is 0. The maximum Gasteiger partial charge on any atom is 0.325 e. The minimum Gasteiger partial charge on any atom is -0.480 e. The van der Waals surface area contributed by atoms with E-state index in [4.69, 9.17) is 5.11 Å². The number of nitrogens with zero attached hydrogens (tertiary/aromatic N) is 3. The Morgan fingerprint density at radius 1 is 1.33 bits per heavy atom. The smallest absolute Gasteiger partial charge is 0.325 e. The van der Waals surface area contributed by atoms with E-state index in [-0.39, 0.29) is 0 Å². The normalized spacial score (nSPS) is 11.8. The number of aliphatic carboxylic acids is 1. The fraction of sp³-hybridized carbons (Fsp3) is 0.353. The number of carboxylic acid groups (broad SMARTS) is 1. The first-order valence-corrected chi connectivity index (χ1v) is 7.65. The number of benzene rings is 1. The van der Waals surface area contributed by atoms with Crippen molar-refractivity contribution in [3.05, 3.63) is 47.3 Å². The molecule has 0 aliphatic heterocycles. The van der Waals surface area contributed by atoms with Crippen LogP contribution in [0, 0.1) is 13.8 Å². The van der Waals surface area contributed by atoms with Crippen molar-refractivity contribution >= 4 is 12.0 Å². The van der Waals surface area contributed by atoms with Crippen molar-refractivity contribution in [2.45, 2.75) is 33.4 Å². The topological polar surface area (TPSA) is 87.5 Å². The molecule has 0 fully saturated rings. The van der Waals surface area contributed by atoms with Crippen LogP contribution in [0.2, 0.25) is 0 Å². The summed E-state index contributed by atoms with van der Waals surface area (Å²) in [5.74, 6) is -1.07. The van der Waals surface area contributed by atoms with Gasteiger partial charge in [-0.05, 0) is 44.5 Å². The van der Waals surface area contributed by atoms with E-state index in [0.29, 0.717) is 6.54 Å². The summed E-state index contributed by atoms with van der Waals surface area (Å²) in [6, 6.07) is 8.38. The first-order chi connectivity index (χ1) is 11.3. The maximum atomic E-state index is 12.0. The zero-order valence-corrected chi connectivity index (χ0v) is 14.3. The highest BCUT2D eigenvalue weighted by molar-refractivity contribution is 5.82. The van der Waals surface area contributed by atoms with Crippen molar-refractivity contribution in [1.82, 2.24) is 20.0 Å². The first kappa shape index (κ1) is 17.5. The van der Waals surface area contributed by atoms with Gasteiger partial charge < -0.3 is 15.3 Å². The van der Waals surface area contributed by atoms with E-state index >= 15 is 0 Å². The van der Waals surface area contributed by atoms with Crippen molar-refractivity contribution < 1.29 is 14.7 Å². The number of carboxylic acids is 1. The summed E-state index contributed by atoms with van der Waals surface area (Å²) >= 11 is 0. The average molecular weight is 330 g/mol. The van der Waals surface area contributed by atoms with Gasteiger partial charge in [-0.15, -0.1) is 0 Å². The number of amides is 2. The molecule has 0 aliphatic rings. The highest BCUT2D eigenvalue weighted by Gasteiger charge is 2.17. The third kappa shape index (κ3) is 4.13. The van der Waals surface area contributed by atoms with Gasteiger partial charge in [-0.3, -0.25) is 4.79 Å². The number of carbonyl (C=O) groups is 2. The van der Waals surface area contributed by atoms with E-state index in [9.17, 15) is 9.59 Å². The van der Waals surface area contributed by atoms with E-state index in [1.807, 2.05) is 48.9 Å². The lowest BCUT2D eigenvalue weighted by Gasteiger charge is -2.20. The largest absolute Gasteiger partial charge is 0.480 e.